The molecule has 8 atom stereocenters. The van der Waals surface area contributed by atoms with Gasteiger partial charge in [0.15, 0.2) is 5.96 Å². The van der Waals surface area contributed by atoms with E-state index in [0.717, 1.165) is 35.7 Å². The smallest absolute Gasteiger partial charge is 0.246 e. The third-order valence-corrected chi connectivity index (χ3v) is 18.0. The van der Waals surface area contributed by atoms with Gasteiger partial charge in [-0.3, -0.25) is 52.9 Å². The van der Waals surface area contributed by atoms with E-state index in [1.165, 1.54) is 26.5 Å². The lowest BCUT2D eigenvalue weighted by atomic mass is 9.85. The standard InChI is InChI=1S/C54H76N14O10S2/c1-3-31(2)45-51(77)65-39(26-42(55)69)48(74)66-40(52(78)68-23-13-19-41(68)50(76)63-36(18-12-22-59-53(57)58)46(72)61-29-43(56)70)30-79-80-54(20-10-5-11-21-54)27-44(71)62-38(25-33-28-60-35-17-9-8-16-34(33)35)47(73)64-37(49(75)67-45)24-32-14-6-4-7-15-32/h4,6-9,14-17,28,31,36-41,45,60H,3,5,10-13,18-27,29-30H2,1-2H3,(H2,55,69)(H2,56,70)(H,61,72)(H,62,71)(H,63,76)(H,64,73)(H,65,77)(H,66,74)(H,67,75)(H4,57,58,59). The number of nitrogens with one attached hydrogen (secondary N) is 8. The zero-order valence-electron chi connectivity index (χ0n) is 45.2. The minimum atomic E-state index is -1.66. The van der Waals surface area contributed by atoms with Crippen molar-refractivity contribution in [1.82, 2.24) is 47.1 Å². The van der Waals surface area contributed by atoms with Crippen LogP contribution in [0.2, 0.25) is 0 Å². The third-order valence-electron chi connectivity index (χ3n) is 14.7. The zero-order chi connectivity index (χ0) is 57.9. The number of H-pyrrole nitrogens is 1. The number of hydrogen-bond donors (Lipinski definition) is 12. The summed E-state index contributed by atoms with van der Waals surface area (Å²) in [6.45, 7) is 3.19. The Morgan fingerprint density at radius 3 is 2.16 bits per heavy atom. The molecule has 2 aromatic carbocycles. The molecule has 6 rings (SSSR count). The van der Waals surface area contributed by atoms with Crippen LogP contribution in [0.25, 0.3) is 10.9 Å². The van der Waals surface area contributed by atoms with Gasteiger partial charge < -0.3 is 70.0 Å². The van der Waals surface area contributed by atoms with E-state index in [1.54, 1.807) is 50.4 Å². The second kappa shape index (κ2) is 29.7. The van der Waals surface area contributed by atoms with Crippen molar-refractivity contribution in [2.75, 3.05) is 25.4 Å². The highest BCUT2D eigenvalue weighted by atomic mass is 33.1. The predicted octanol–water partition coefficient (Wildman–Crippen LogP) is -0.0825. The number of benzene rings is 2. The van der Waals surface area contributed by atoms with Gasteiger partial charge in [-0.05, 0) is 61.6 Å². The number of nitrogens with zero attached hydrogens (tertiary/aromatic N) is 2. The highest BCUT2D eigenvalue weighted by molar-refractivity contribution is 8.77. The molecule has 1 spiro atoms. The zero-order valence-corrected chi connectivity index (χ0v) is 46.9. The van der Waals surface area contributed by atoms with Crippen LogP contribution in [0, 0.1) is 5.92 Å². The minimum absolute atomic E-state index is 0.00674. The molecule has 3 heterocycles. The number of nitrogens with two attached hydrogens (primary N) is 4. The molecule has 3 aliphatic rings. The van der Waals surface area contributed by atoms with E-state index < -0.39 is 125 Å². The van der Waals surface area contributed by atoms with Crippen LogP contribution in [0.5, 0.6) is 0 Å². The van der Waals surface area contributed by atoms with Gasteiger partial charge in [0.05, 0.1) is 13.0 Å². The highest BCUT2D eigenvalue weighted by Crippen LogP contribution is 2.48. The molecule has 2 saturated heterocycles. The SMILES string of the molecule is CCC(C)C1NC(=O)C(Cc2ccccc2)NC(=O)C(Cc2c[nH]c3ccccc23)NC(=O)CC2(CCCCC2)SSCC(C(=O)N2CCCC2C(=O)NC(CCCN=C(N)N)C(=O)NCC(N)=O)NC(=O)C(CC(N)=O)NC1=O. The fraction of sp³-hybridized carbons (Fsp3) is 0.537. The Balaban J connectivity index is 1.36. The average molecular weight is 1150 g/mol. The van der Waals surface area contributed by atoms with Crippen LogP contribution in [0.1, 0.15) is 102 Å². The maximum atomic E-state index is 15.0. The van der Waals surface area contributed by atoms with Gasteiger partial charge in [0, 0.05) is 60.0 Å². The monoisotopic (exact) mass is 1140 g/mol. The van der Waals surface area contributed by atoms with E-state index >= 15 is 4.79 Å². The molecule has 1 aromatic heterocycles. The summed E-state index contributed by atoms with van der Waals surface area (Å²) in [5.41, 5.74) is 24.2. The summed E-state index contributed by atoms with van der Waals surface area (Å²) in [7, 11) is 2.61. The summed E-state index contributed by atoms with van der Waals surface area (Å²) in [5.74, 6) is -8.35. The predicted molar refractivity (Wildman–Crippen MR) is 304 cm³/mol. The van der Waals surface area contributed by atoms with E-state index in [-0.39, 0.29) is 63.3 Å². The molecule has 0 bridgehead atoms. The molecule has 1 saturated carbocycles. The van der Waals surface area contributed by atoms with Gasteiger partial charge in [0.1, 0.15) is 42.3 Å². The van der Waals surface area contributed by atoms with Gasteiger partial charge in [-0.2, -0.15) is 0 Å². The van der Waals surface area contributed by atoms with E-state index in [0.29, 0.717) is 31.2 Å². The maximum Gasteiger partial charge on any atom is 0.246 e. The van der Waals surface area contributed by atoms with Crippen LogP contribution < -0.4 is 60.2 Å². The number of likely N-dealkylation sites (tertiary alicyclic amines) is 1. The first-order valence-corrected chi connectivity index (χ1v) is 29.5. The molecule has 8 unspecified atom stereocenters. The van der Waals surface area contributed by atoms with E-state index in [9.17, 15) is 43.2 Å². The number of aliphatic imine (C=N–C) groups is 1. The summed E-state index contributed by atoms with van der Waals surface area (Å²) in [4.78, 5) is 148. The molecular weight excluding hydrogens is 1070 g/mol. The number of guanidine groups is 1. The molecule has 3 aromatic rings. The minimum Gasteiger partial charge on any atom is -0.370 e. The number of primary amides is 2. The number of carbonyl (C=O) groups is 10. The number of hydrogen-bond acceptors (Lipinski definition) is 13. The second-order valence-corrected chi connectivity index (χ2v) is 23.6. The maximum absolute atomic E-state index is 15.0. The molecule has 10 amide bonds. The van der Waals surface area contributed by atoms with Crippen LogP contribution >= 0.6 is 21.6 Å². The average Bonchev–Trinajstić information content (AvgIpc) is 4.15. The van der Waals surface area contributed by atoms with E-state index in [1.807, 2.05) is 24.3 Å². The Morgan fingerprint density at radius 1 is 0.787 bits per heavy atom. The first-order valence-electron chi connectivity index (χ1n) is 27.2. The first kappa shape index (κ1) is 61.9. The Morgan fingerprint density at radius 2 is 1.46 bits per heavy atom. The summed E-state index contributed by atoms with van der Waals surface area (Å²) in [6.07, 6.45) is 5.94. The van der Waals surface area contributed by atoms with Crippen LogP contribution in [0.15, 0.2) is 65.8 Å². The molecule has 80 heavy (non-hydrogen) atoms. The van der Waals surface area contributed by atoms with Crippen LogP contribution in [-0.2, 0) is 60.8 Å². The van der Waals surface area contributed by atoms with Gasteiger partial charge in [0.25, 0.3) is 0 Å². The summed E-state index contributed by atoms with van der Waals surface area (Å²) in [6, 6.07) is 7.35. The van der Waals surface area contributed by atoms with Gasteiger partial charge in [0.2, 0.25) is 59.1 Å². The lowest BCUT2D eigenvalue weighted by Crippen LogP contribution is -2.62. The normalized spacial score (nSPS) is 23.2. The number of fused-ring (bicyclic) bond motifs is 1. The number of rotatable bonds is 18. The lowest BCUT2D eigenvalue weighted by Gasteiger charge is -2.37. The van der Waals surface area contributed by atoms with E-state index in [4.69, 9.17) is 22.9 Å². The fourth-order valence-corrected chi connectivity index (χ4v) is 13.6. The number of amides is 10. The van der Waals surface area contributed by atoms with E-state index in [2.05, 4.69) is 47.2 Å². The Labute approximate surface area is 472 Å². The summed E-state index contributed by atoms with van der Waals surface area (Å²) < 4.78 is -0.711. The Bertz CT molecular complexity index is 2740. The summed E-state index contributed by atoms with van der Waals surface area (Å²) >= 11 is 0. The van der Waals surface area contributed by atoms with Crippen molar-refractivity contribution in [3.63, 3.8) is 0 Å². The van der Waals surface area contributed by atoms with Crippen molar-refractivity contribution in [1.29, 1.82) is 0 Å². The molecule has 16 N–H and O–H groups in total. The van der Waals surface area contributed by atoms with Crippen molar-refractivity contribution in [2.24, 2.45) is 33.8 Å². The molecule has 0 radical (unpaired) electrons. The molecule has 24 nitrogen and oxygen atoms in total. The van der Waals surface area contributed by atoms with Gasteiger partial charge in [-0.25, -0.2) is 0 Å². The largest absolute Gasteiger partial charge is 0.370 e. The number of carbonyl (C=O) groups excluding carboxylic acids is 10. The number of aromatic nitrogens is 1. The van der Waals surface area contributed by atoms with Crippen LogP contribution in [0.4, 0.5) is 0 Å². The van der Waals surface area contributed by atoms with Gasteiger partial charge in [-0.15, -0.1) is 0 Å². The molecule has 26 heteroatoms. The molecular formula is C54H76N14O10S2. The Kier molecular flexibility index (Phi) is 23.0. The van der Waals surface area contributed by atoms with Crippen molar-refractivity contribution in [3.8, 4) is 0 Å². The molecule has 3 fully saturated rings. The third kappa shape index (κ3) is 17.8. The number of para-hydroxylation sites is 1. The lowest BCUT2D eigenvalue weighted by molar-refractivity contribution is -0.142. The highest BCUT2D eigenvalue weighted by Gasteiger charge is 2.43. The van der Waals surface area contributed by atoms with Crippen molar-refractivity contribution in [3.05, 3.63) is 71.9 Å². The van der Waals surface area contributed by atoms with Crippen LogP contribution in [-0.4, -0.2) is 147 Å². The molecule has 2 aliphatic heterocycles. The van der Waals surface area contributed by atoms with Crippen LogP contribution in [0.3, 0.4) is 0 Å². The molecule has 434 valence electrons. The Hall–Kier alpha value is -7.35. The van der Waals surface area contributed by atoms with Crippen molar-refractivity contribution >= 4 is 97.5 Å². The van der Waals surface area contributed by atoms with Crippen molar-refractivity contribution in [2.45, 2.75) is 151 Å². The fourth-order valence-electron chi connectivity index (χ4n) is 10.2. The first-order chi connectivity index (χ1) is 38.3. The van der Waals surface area contributed by atoms with Crippen molar-refractivity contribution < 1.29 is 47.9 Å². The topological polar surface area (TPSA) is 390 Å². The quantitative estimate of drug-likeness (QED) is 0.0343. The molecule has 1 aliphatic carbocycles. The van der Waals surface area contributed by atoms with Gasteiger partial charge >= 0.3 is 0 Å². The summed E-state index contributed by atoms with van der Waals surface area (Å²) in [5, 5.41) is 20.1. The number of aromatic amines is 1. The van der Waals surface area contributed by atoms with Gasteiger partial charge in [-0.1, -0.05) is 110 Å². The second-order valence-electron chi connectivity index (χ2n) is 20.8.